The van der Waals surface area contributed by atoms with E-state index in [1.165, 1.54) is 64.3 Å². The molecule has 1 saturated carbocycles. The van der Waals surface area contributed by atoms with Gasteiger partial charge in [-0.15, -0.1) is 0 Å². The van der Waals surface area contributed by atoms with E-state index in [1.807, 2.05) is 0 Å². The molecule has 0 unspecified atom stereocenters. The minimum absolute atomic E-state index is 0.657. The fourth-order valence-corrected chi connectivity index (χ4v) is 4.61. The average Bonchev–Trinajstić information content (AvgIpc) is 3.22. The Morgan fingerprint density at radius 1 is 0.917 bits per heavy atom. The smallest absolute Gasteiger partial charge is 0.145 e. The molecule has 4 aromatic rings. The van der Waals surface area contributed by atoms with Gasteiger partial charge in [0.2, 0.25) is 0 Å². The fourth-order valence-electron chi connectivity index (χ4n) is 4.61. The first-order valence-corrected chi connectivity index (χ1v) is 9.04. The molecule has 1 aliphatic carbocycles. The Labute approximate surface area is 142 Å². The summed E-state index contributed by atoms with van der Waals surface area (Å²) in [5.41, 5.74) is 6.40. The van der Waals surface area contributed by atoms with Gasteiger partial charge in [-0.2, -0.15) is 0 Å². The average molecular weight is 314 g/mol. The molecular weight excluding hydrogens is 292 g/mol. The highest BCUT2D eigenvalue weighted by atomic mass is 15.0. The summed E-state index contributed by atoms with van der Waals surface area (Å²) in [6.45, 7) is 4.37. The van der Waals surface area contributed by atoms with Gasteiger partial charge in [-0.3, -0.25) is 4.40 Å². The number of rotatable bonds is 1. The molecule has 2 nitrogen and oxygen atoms in total. The molecule has 2 heteroatoms. The molecule has 2 aromatic heterocycles. The highest BCUT2D eigenvalue weighted by molar-refractivity contribution is 6.11. The topological polar surface area (TPSA) is 17.3 Å². The molecule has 1 aliphatic rings. The van der Waals surface area contributed by atoms with E-state index < -0.39 is 0 Å². The van der Waals surface area contributed by atoms with E-state index in [1.54, 1.807) is 0 Å². The first kappa shape index (κ1) is 14.0. The number of hydrogen-bond acceptors (Lipinski definition) is 1. The largest absolute Gasteiger partial charge is 0.296 e. The number of pyridine rings is 1. The third-order valence-electron chi connectivity index (χ3n) is 5.69. The summed E-state index contributed by atoms with van der Waals surface area (Å²) >= 11 is 0. The van der Waals surface area contributed by atoms with Crippen LogP contribution in [0.1, 0.15) is 48.6 Å². The minimum atomic E-state index is 0.657. The normalized spacial score (nSPS) is 15.9. The van der Waals surface area contributed by atoms with Crippen molar-refractivity contribution < 1.29 is 0 Å². The van der Waals surface area contributed by atoms with Crippen LogP contribution in [0.5, 0.6) is 0 Å². The van der Waals surface area contributed by atoms with Crippen LogP contribution in [-0.2, 0) is 0 Å². The van der Waals surface area contributed by atoms with Gasteiger partial charge >= 0.3 is 0 Å². The molecule has 1 fully saturated rings. The van der Waals surface area contributed by atoms with Crippen molar-refractivity contribution in [2.75, 3.05) is 0 Å². The highest BCUT2D eigenvalue weighted by Crippen LogP contribution is 2.39. The molecule has 0 spiro atoms. The summed E-state index contributed by atoms with van der Waals surface area (Å²) in [5, 5.41) is 3.91. The minimum Gasteiger partial charge on any atom is -0.296 e. The van der Waals surface area contributed by atoms with Crippen LogP contribution in [0, 0.1) is 13.8 Å². The Hall–Kier alpha value is -2.35. The molecule has 0 saturated heterocycles. The van der Waals surface area contributed by atoms with Crippen molar-refractivity contribution in [1.82, 2.24) is 9.38 Å². The van der Waals surface area contributed by atoms with Crippen LogP contribution in [0.3, 0.4) is 0 Å². The summed E-state index contributed by atoms with van der Waals surface area (Å²) in [5.74, 6) is 0.657. The van der Waals surface area contributed by atoms with E-state index in [4.69, 9.17) is 4.98 Å². The summed E-state index contributed by atoms with van der Waals surface area (Å²) in [6.07, 6.45) is 5.30. The van der Waals surface area contributed by atoms with Gasteiger partial charge in [0.1, 0.15) is 5.65 Å². The van der Waals surface area contributed by atoms with Gasteiger partial charge in [-0.05, 0) is 43.7 Å². The van der Waals surface area contributed by atoms with Crippen molar-refractivity contribution in [2.24, 2.45) is 0 Å². The molecule has 0 amide bonds. The lowest BCUT2D eigenvalue weighted by molar-refractivity contribution is 0.688. The van der Waals surface area contributed by atoms with E-state index in [2.05, 4.69) is 60.7 Å². The van der Waals surface area contributed by atoms with Crippen LogP contribution in [0.4, 0.5) is 0 Å². The van der Waals surface area contributed by atoms with E-state index in [9.17, 15) is 0 Å². The van der Waals surface area contributed by atoms with Crippen molar-refractivity contribution in [2.45, 2.75) is 45.4 Å². The van der Waals surface area contributed by atoms with Crippen LogP contribution in [0.2, 0.25) is 0 Å². The van der Waals surface area contributed by atoms with Gasteiger partial charge in [-0.25, -0.2) is 4.98 Å². The third-order valence-corrected chi connectivity index (χ3v) is 5.69. The van der Waals surface area contributed by atoms with E-state index in [0.717, 1.165) is 5.65 Å². The van der Waals surface area contributed by atoms with Crippen molar-refractivity contribution in [3.63, 3.8) is 0 Å². The second-order valence-corrected chi connectivity index (χ2v) is 7.29. The number of fused-ring (bicyclic) bond motifs is 6. The van der Waals surface area contributed by atoms with Crippen LogP contribution < -0.4 is 0 Å². The first-order valence-electron chi connectivity index (χ1n) is 9.04. The predicted octanol–water partition coefficient (Wildman–Crippen LogP) is 5.92. The molecule has 2 aromatic carbocycles. The highest BCUT2D eigenvalue weighted by Gasteiger charge is 2.25. The molecule has 0 bridgehead atoms. The lowest BCUT2D eigenvalue weighted by atomic mass is 10.0. The summed E-state index contributed by atoms with van der Waals surface area (Å²) in [4.78, 5) is 5.03. The fraction of sp³-hybridized carbons (Fsp3) is 0.318. The van der Waals surface area contributed by atoms with E-state index >= 15 is 0 Å². The van der Waals surface area contributed by atoms with Crippen molar-refractivity contribution in [1.29, 1.82) is 0 Å². The molecule has 0 aliphatic heterocycles. The van der Waals surface area contributed by atoms with Crippen LogP contribution in [-0.4, -0.2) is 9.38 Å². The van der Waals surface area contributed by atoms with Gasteiger partial charge in [-0.1, -0.05) is 49.2 Å². The number of imidazole rings is 1. The second kappa shape index (κ2) is 5.07. The van der Waals surface area contributed by atoms with Crippen molar-refractivity contribution >= 4 is 27.3 Å². The molecule has 24 heavy (non-hydrogen) atoms. The van der Waals surface area contributed by atoms with Gasteiger partial charge in [0.25, 0.3) is 0 Å². The quantitative estimate of drug-likeness (QED) is 0.399. The van der Waals surface area contributed by atoms with Crippen LogP contribution in [0.25, 0.3) is 27.3 Å². The van der Waals surface area contributed by atoms with Gasteiger partial charge in [0.15, 0.2) is 0 Å². The van der Waals surface area contributed by atoms with Crippen molar-refractivity contribution in [3.8, 4) is 0 Å². The lowest BCUT2D eigenvalue weighted by Crippen LogP contribution is -2.02. The number of hydrogen-bond donors (Lipinski definition) is 0. The maximum absolute atomic E-state index is 5.03. The Balaban J connectivity index is 2.03. The molecule has 120 valence electrons. The second-order valence-electron chi connectivity index (χ2n) is 7.29. The molecule has 2 heterocycles. The monoisotopic (exact) mass is 314 g/mol. The predicted molar refractivity (Wildman–Crippen MR) is 101 cm³/mol. The molecule has 0 atom stereocenters. The summed E-state index contributed by atoms with van der Waals surface area (Å²) < 4.78 is 2.47. The van der Waals surface area contributed by atoms with Gasteiger partial charge in [0.05, 0.1) is 11.2 Å². The molecular formula is C22H22N2. The van der Waals surface area contributed by atoms with Gasteiger partial charge < -0.3 is 0 Å². The first-order chi connectivity index (χ1) is 11.7. The SMILES string of the molecule is Cc1ccc2c3ccccc3c3nc(C)c(C4CCCC4)n3c2c1. The Bertz CT molecular complexity index is 1080. The van der Waals surface area contributed by atoms with Gasteiger partial charge in [0, 0.05) is 22.4 Å². The Morgan fingerprint density at radius 3 is 2.46 bits per heavy atom. The zero-order valence-corrected chi connectivity index (χ0v) is 14.3. The molecule has 0 radical (unpaired) electrons. The number of nitrogens with zero attached hydrogens (tertiary/aromatic N) is 2. The van der Waals surface area contributed by atoms with E-state index in [0.29, 0.717) is 5.92 Å². The number of benzene rings is 2. The number of aryl methyl sites for hydroxylation is 2. The Morgan fingerprint density at radius 2 is 1.67 bits per heavy atom. The summed E-state index contributed by atoms with van der Waals surface area (Å²) in [7, 11) is 0. The zero-order valence-electron chi connectivity index (χ0n) is 14.3. The number of aromatic nitrogens is 2. The zero-order chi connectivity index (χ0) is 16.3. The molecule has 0 N–H and O–H groups in total. The Kier molecular flexibility index (Phi) is 2.97. The maximum atomic E-state index is 5.03. The van der Waals surface area contributed by atoms with Crippen LogP contribution >= 0.6 is 0 Å². The molecule has 5 rings (SSSR count). The standard InChI is InChI=1S/C22H22N2/c1-14-11-12-18-17-9-5-6-10-19(17)22-23-15(2)21(16-7-3-4-8-16)24(22)20(18)13-14/h5-6,9-13,16H,3-4,7-8H2,1-2H3. The third kappa shape index (κ3) is 1.86. The maximum Gasteiger partial charge on any atom is 0.145 e. The van der Waals surface area contributed by atoms with Crippen molar-refractivity contribution in [3.05, 3.63) is 59.4 Å². The van der Waals surface area contributed by atoms with E-state index in [-0.39, 0.29) is 0 Å². The summed E-state index contributed by atoms with van der Waals surface area (Å²) in [6, 6.07) is 15.5. The van der Waals surface area contributed by atoms with Crippen LogP contribution in [0.15, 0.2) is 42.5 Å². The lowest BCUT2D eigenvalue weighted by Gasteiger charge is -2.15.